The Morgan fingerprint density at radius 1 is 0.421 bits per heavy atom. The topological polar surface area (TPSA) is 560 Å². The van der Waals surface area contributed by atoms with Crippen molar-refractivity contribution in [3.8, 4) is 0 Å². The van der Waals surface area contributed by atoms with E-state index in [9.17, 15) is 99.7 Å². The predicted octanol–water partition coefficient (Wildman–Crippen LogP) is 3.87. The Morgan fingerprint density at radius 2 is 0.897 bits per heavy atom. The number of allylic oxidation sites excluding steroid dienone is 3. The Kier molecular flexibility index (Phi) is 58.2. The molecule has 17 N–H and O–H groups in total. The normalized spacial score (nSPS) is 31.0. The fourth-order valence-electron chi connectivity index (χ4n) is 15.1. The zero-order chi connectivity index (χ0) is 93.1. The number of hydrogen-bond acceptors (Lipinski definition) is 34. The van der Waals surface area contributed by atoms with E-state index in [0.717, 1.165) is 77.6 Å². The van der Waals surface area contributed by atoms with Crippen molar-refractivity contribution >= 4 is 43.2 Å². The van der Waals surface area contributed by atoms with Gasteiger partial charge < -0.3 is 154 Å². The van der Waals surface area contributed by atoms with Gasteiger partial charge in [-0.2, -0.15) is 0 Å². The smallest absolute Gasteiger partial charge is 0.327 e. The lowest BCUT2D eigenvalue weighted by Gasteiger charge is -2.51. The minimum atomic E-state index is -3.61. The molecule has 734 valence electrons. The van der Waals surface area contributed by atoms with Crippen LogP contribution in [0, 0.1) is 5.92 Å². The Balaban J connectivity index is 0.000000529. The number of carbonyl (C=O) groups excluding carboxylic acids is 6. The van der Waals surface area contributed by atoms with Gasteiger partial charge in [0.1, 0.15) is 122 Å². The predicted molar refractivity (Wildman–Crippen MR) is 458 cm³/mol. The van der Waals surface area contributed by atoms with Gasteiger partial charge in [0.25, 0.3) is 0 Å². The lowest BCUT2D eigenvalue weighted by Crippen LogP contribution is -2.70. The molecule has 5 saturated heterocycles. The SMILES string of the molecule is CCCCCCCC/C=C\CCCCCCCC(=O)O[C@H](COC(=O)C(/C=C/CCCCCCCC)CCCCCC)COP(C)(=O)OCCNC(=O)CCCCC(=O)NCC.CCCO[C@@H]1OC(CO)[C@@H](O[C@@H]2OC(CO)[C@H](O)[C@H](O[C@@H]3OC(CO)[C@@H](O)[C@H](O[C@@H]4OC(CO)[C@H](O)[C@H](O)C4O[C@@H]4OC(C)[C@@H](O)[C@H](O)C4O)C3NC(C)=O)C2O)[C@H](O)C1NC(C)=O. The number of aliphatic hydroxyl groups is 13. The molecule has 5 aliphatic rings. The van der Waals surface area contributed by atoms with Crippen LogP contribution in [-0.2, 0) is 99.2 Å². The van der Waals surface area contributed by atoms with Crippen LogP contribution in [0.1, 0.15) is 254 Å². The van der Waals surface area contributed by atoms with Gasteiger partial charge in [-0.15, -0.1) is 0 Å². The lowest BCUT2D eigenvalue weighted by molar-refractivity contribution is -0.389. The van der Waals surface area contributed by atoms with Gasteiger partial charge in [0, 0.05) is 59.5 Å². The van der Waals surface area contributed by atoms with Crippen LogP contribution in [0.3, 0.4) is 0 Å². The monoisotopic (exact) mass is 1830 g/mol. The Morgan fingerprint density at radius 3 is 1.47 bits per heavy atom. The van der Waals surface area contributed by atoms with Gasteiger partial charge in [-0.1, -0.05) is 161 Å². The summed E-state index contributed by atoms with van der Waals surface area (Å²) >= 11 is 0. The summed E-state index contributed by atoms with van der Waals surface area (Å²) in [6.07, 6.45) is -1.74. The van der Waals surface area contributed by atoms with E-state index < -0.39 is 217 Å². The Bertz CT molecular complexity index is 3080. The van der Waals surface area contributed by atoms with E-state index in [1.165, 1.54) is 97.6 Å². The van der Waals surface area contributed by atoms with Crippen LogP contribution < -0.4 is 21.3 Å². The largest absolute Gasteiger partial charge is 0.461 e. The third-order valence-corrected chi connectivity index (χ3v) is 23.6. The number of nitrogens with one attached hydrogen (secondary N) is 4. The fraction of sp³-hybridized carbons (Fsp3) is 0.885. The number of unbranched alkanes of at least 4 members (excludes halogenated alkanes) is 21. The van der Waals surface area contributed by atoms with E-state index in [1.807, 2.05) is 13.0 Å². The number of ether oxygens (including phenoxy) is 12. The van der Waals surface area contributed by atoms with Crippen LogP contribution in [0.4, 0.5) is 0 Å². The number of aliphatic hydroxyl groups excluding tert-OH is 13. The second kappa shape index (κ2) is 64.4. The maximum absolute atomic E-state index is 13.4. The molecule has 39 heteroatoms. The van der Waals surface area contributed by atoms with Crippen molar-refractivity contribution in [2.24, 2.45) is 5.92 Å². The minimum Gasteiger partial charge on any atom is -0.461 e. The van der Waals surface area contributed by atoms with Crippen molar-refractivity contribution in [2.75, 3.05) is 72.6 Å². The summed E-state index contributed by atoms with van der Waals surface area (Å²) in [6, 6.07) is -2.99. The molecule has 0 aliphatic carbocycles. The van der Waals surface area contributed by atoms with Crippen LogP contribution in [-0.4, -0.2) is 334 Å². The highest BCUT2D eigenvalue weighted by Crippen LogP contribution is 2.44. The second-order valence-corrected chi connectivity index (χ2v) is 35.2. The third-order valence-electron chi connectivity index (χ3n) is 22.3. The van der Waals surface area contributed by atoms with Crippen molar-refractivity contribution in [1.82, 2.24) is 21.3 Å². The van der Waals surface area contributed by atoms with E-state index in [2.05, 4.69) is 60.3 Å². The molecule has 5 aliphatic heterocycles. The van der Waals surface area contributed by atoms with Gasteiger partial charge in [0.15, 0.2) is 37.6 Å². The number of rotatable bonds is 62. The van der Waals surface area contributed by atoms with Gasteiger partial charge in [0.2, 0.25) is 23.6 Å². The van der Waals surface area contributed by atoms with E-state index in [4.69, 9.17) is 65.9 Å². The molecule has 0 bridgehead atoms. The molecular formula is C87H157N4O34P. The van der Waals surface area contributed by atoms with Gasteiger partial charge in [-0.3, -0.25) is 33.3 Å². The molecule has 28 atom stereocenters. The zero-order valence-corrected chi connectivity index (χ0v) is 76.6. The summed E-state index contributed by atoms with van der Waals surface area (Å²) in [5, 5.41) is 150. The molecule has 126 heavy (non-hydrogen) atoms. The highest BCUT2D eigenvalue weighted by atomic mass is 31.2. The van der Waals surface area contributed by atoms with Gasteiger partial charge in [-0.25, -0.2) is 0 Å². The maximum Gasteiger partial charge on any atom is 0.327 e. The van der Waals surface area contributed by atoms with E-state index >= 15 is 0 Å². The lowest BCUT2D eigenvalue weighted by atomic mass is 9.94. The summed E-state index contributed by atoms with van der Waals surface area (Å²) in [5.74, 6) is -2.79. The van der Waals surface area contributed by atoms with Crippen molar-refractivity contribution in [3.05, 3.63) is 24.3 Å². The molecule has 0 aromatic carbocycles. The van der Waals surface area contributed by atoms with Crippen LogP contribution in [0.15, 0.2) is 24.3 Å². The molecule has 0 aromatic rings. The van der Waals surface area contributed by atoms with E-state index in [-0.39, 0.29) is 63.6 Å². The molecule has 0 radical (unpaired) electrons. The molecular weight excluding hydrogens is 1680 g/mol. The molecule has 5 heterocycles. The maximum atomic E-state index is 13.4. The van der Waals surface area contributed by atoms with Crippen molar-refractivity contribution in [2.45, 2.75) is 414 Å². The first-order valence-corrected chi connectivity index (χ1v) is 48.1. The number of hydrogen-bond donors (Lipinski definition) is 17. The number of amides is 4. The van der Waals surface area contributed by atoms with Gasteiger partial charge in [0.05, 0.1) is 51.7 Å². The molecule has 12 unspecified atom stereocenters. The summed E-state index contributed by atoms with van der Waals surface area (Å²) in [7, 11) is -3.61. The third kappa shape index (κ3) is 41.3. The van der Waals surface area contributed by atoms with Crippen LogP contribution in [0.2, 0.25) is 0 Å². The van der Waals surface area contributed by atoms with E-state index in [1.54, 1.807) is 6.92 Å². The van der Waals surface area contributed by atoms with Crippen molar-refractivity contribution < 1.29 is 166 Å². The standard InChI is InChI=1S/C50H93N2O9P.C37H64N2O25/c1-6-10-13-16-18-20-21-22-23-24-25-26-28-30-33-40-49(55)61-46(44-60-62(5,57)59-42-41-52-48(54)39-35-34-38-47(53)51-9-4)43-58-50(56)45(36-31-15-12-8-3)37-32-29-27-19-17-14-11-7-2;1-5-6-55-33-18(38-12(3)44)24(50)29(17(10-43)60-33)61-36-28(54)31(23(49)16(9-42)58-36)63-34-19(39-13(4)45)30(22(48)15(8-41)57-34)62-37-32(26(52)21(47)14(7-40)59-37)64-35-27(53)25(51)20(46)11(2)56-35/h22-23,32,37,45-46H,6-21,24-31,33-36,38-44H2,1-5H3,(H,51,53)(H,52,54);11,14-37,40-43,46-54H,5-10H2,1-4H3,(H,38,44)(H,39,45)/b23-22-,37-32+;/t45?,46-,62?;11?,14?,15?,16?,17?,18?,19?,20-,21+,22-,23+,24-,25+,26+,27?,28?,29-,30-,31+,32?,33-,34+,35+,36+,37+/m11/s1. The zero-order valence-electron chi connectivity index (χ0n) is 75.7. The molecule has 0 spiro atoms. The summed E-state index contributed by atoms with van der Waals surface area (Å²) in [6.45, 7) is 11.9. The fourth-order valence-corrected chi connectivity index (χ4v) is 16.0. The Hall–Kier alpha value is -4.47. The van der Waals surface area contributed by atoms with Crippen LogP contribution in [0.25, 0.3) is 0 Å². The second-order valence-electron chi connectivity index (χ2n) is 33.2. The average Bonchev–Trinajstić information content (AvgIpc) is 0.765. The summed E-state index contributed by atoms with van der Waals surface area (Å²) in [4.78, 5) is 75.1. The number of esters is 2. The first kappa shape index (κ1) is 114. The van der Waals surface area contributed by atoms with Gasteiger partial charge in [-0.05, 0) is 84.5 Å². The molecule has 0 aromatic heterocycles. The first-order valence-electron chi connectivity index (χ1n) is 46.1. The molecule has 5 rings (SSSR count). The highest BCUT2D eigenvalue weighted by molar-refractivity contribution is 7.52. The summed E-state index contributed by atoms with van der Waals surface area (Å²) < 4.78 is 94.0. The van der Waals surface area contributed by atoms with Gasteiger partial charge >= 0.3 is 19.5 Å². The Labute approximate surface area is 743 Å². The van der Waals surface area contributed by atoms with Crippen molar-refractivity contribution in [1.29, 1.82) is 0 Å². The molecule has 0 saturated carbocycles. The van der Waals surface area contributed by atoms with Crippen LogP contribution >= 0.6 is 7.60 Å². The van der Waals surface area contributed by atoms with Crippen LogP contribution in [0.5, 0.6) is 0 Å². The minimum absolute atomic E-state index is 0.0261. The average molecular weight is 1830 g/mol. The summed E-state index contributed by atoms with van der Waals surface area (Å²) in [5.41, 5.74) is 0. The van der Waals surface area contributed by atoms with Crippen molar-refractivity contribution in [3.63, 3.8) is 0 Å². The molecule has 4 amide bonds. The first-order chi connectivity index (χ1) is 60.4. The molecule has 38 nitrogen and oxygen atoms in total. The highest BCUT2D eigenvalue weighted by Gasteiger charge is 2.58. The van der Waals surface area contributed by atoms with E-state index in [0.29, 0.717) is 45.1 Å². The quantitative estimate of drug-likeness (QED) is 0.0178. The number of carbonyl (C=O) groups is 6. The molecule has 5 fully saturated rings.